The number of carbonyl (C=O) groups excluding carboxylic acids is 2. The normalized spacial score (nSPS) is 10.9. The molecule has 4 aromatic rings. The maximum Gasteiger partial charge on any atom is 0.269 e. The number of rotatable bonds is 4. The lowest BCUT2D eigenvalue weighted by Gasteiger charge is -2.14. The fourth-order valence-electron chi connectivity index (χ4n) is 3.17. The SMILES string of the molecule is Cc1ccc2[nH]ncc2c1-c1nc(-c2cccc(C=O)c2)nc(C(N)=O)c1N. The van der Waals surface area contributed by atoms with Crippen molar-refractivity contribution in [1.29, 1.82) is 0 Å². The summed E-state index contributed by atoms with van der Waals surface area (Å²) in [5.41, 5.74) is 15.7. The van der Waals surface area contributed by atoms with Gasteiger partial charge in [-0.2, -0.15) is 5.10 Å². The number of nitrogens with one attached hydrogen (secondary N) is 1. The Kier molecular flexibility index (Phi) is 4.08. The lowest BCUT2D eigenvalue weighted by atomic mass is 9.99. The molecule has 2 aromatic carbocycles. The fourth-order valence-corrected chi connectivity index (χ4v) is 3.17. The van der Waals surface area contributed by atoms with Crippen molar-refractivity contribution < 1.29 is 9.59 Å². The number of primary amides is 1. The number of hydrogen-bond acceptors (Lipinski definition) is 6. The number of aryl methyl sites for hydroxylation is 1. The summed E-state index contributed by atoms with van der Waals surface area (Å²) in [4.78, 5) is 32.0. The number of nitrogens with two attached hydrogens (primary N) is 2. The summed E-state index contributed by atoms with van der Waals surface area (Å²) in [5, 5.41) is 7.80. The first-order valence-electron chi connectivity index (χ1n) is 8.45. The van der Waals surface area contributed by atoms with E-state index in [1.165, 1.54) is 0 Å². The van der Waals surface area contributed by atoms with Crippen molar-refractivity contribution in [2.75, 3.05) is 5.73 Å². The number of aromatic amines is 1. The number of nitrogens with zero attached hydrogens (tertiary/aromatic N) is 3. The summed E-state index contributed by atoms with van der Waals surface area (Å²) >= 11 is 0. The standard InChI is InChI=1S/C20H16N6O2/c1-10-5-6-14-13(8-23-26-14)15(10)17-16(21)18(19(22)28)25-20(24-17)12-4-2-3-11(7-12)9-27/h2-9H,21H2,1H3,(H2,22,28)(H,23,26). The molecule has 0 radical (unpaired) electrons. The second-order valence-corrected chi connectivity index (χ2v) is 6.35. The van der Waals surface area contributed by atoms with E-state index in [9.17, 15) is 9.59 Å². The minimum atomic E-state index is -0.758. The average Bonchev–Trinajstić information content (AvgIpc) is 3.17. The first-order chi connectivity index (χ1) is 13.5. The summed E-state index contributed by atoms with van der Waals surface area (Å²) in [6.45, 7) is 1.92. The van der Waals surface area contributed by atoms with Crippen molar-refractivity contribution in [2.45, 2.75) is 6.92 Å². The molecule has 0 aliphatic heterocycles. The van der Waals surface area contributed by atoms with Crippen LogP contribution in [0.1, 0.15) is 26.4 Å². The van der Waals surface area contributed by atoms with E-state index in [-0.39, 0.29) is 17.2 Å². The van der Waals surface area contributed by atoms with Gasteiger partial charge in [-0.1, -0.05) is 24.3 Å². The topological polar surface area (TPSA) is 141 Å². The van der Waals surface area contributed by atoms with Crippen LogP contribution >= 0.6 is 0 Å². The van der Waals surface area contributed by atoms with E-state index < -0.39 is 5.91 Å². The Hall–Kier alpha value is -4.07. The molecule has 0 bridgehead atoms. The quantitative estimate of drug-likeness (QED) is 0.470. The summed E-state index contributed by atoms with van der Waals surface area (Å²) < 4.78 is 0. The van der Waals surface area contributed by atoms with Gasteiger partial charge in [-0.25, -0.2) is 9.97 Å². The highest BCUT2D eigenvalue weighted by Gasteiger charge is 2.21. The third kappa shape index (κ3) is 2.77. The number of H-pyrrole nitrogens is 1. The van der Waals surface area contributed by atoms with Gasteiger partial charge in [0.25, 0.3) is 5.91 Å². The molecule has 0 saturated carbocycles. The van der Waals surface area contributed by atoms with Gasteiger partial charge in [0.15, 0.2) is 11.5 Å². The van der Waals surface area contributed by atoms with Gasteiger partial charge < -0.3 is 11.5 Å². The summed E-state index contributed by atoms with van der Waals surface area (Å²) in [6, 6.07) is 10.6. The average molecular weight is 372 g/mol. The van der Waals surface area contributed by atoms with Gasteiger partial charge in [0.2, 0.25) is 0 Å². The largest absolute Gasteiger partial charge is 0.395 e. The molecule has 2 aromatic heterocycles. The van der Waals surface area contributed by atoms with Crippen LogP contribution in [0.5, 0.6) is 0 Å². The molecule has 5 N–H and O–H groups in total. The molecule has 0 aliphatic carbocycles. The molecule has 1 amide bonds. The number of hydrogen-bond donors (Lipinski definition) is 3. The zero-order valence-electron chi connectivity index (χ0n) is 14.9. The van der Waals surface area contributed by atoms with E-state index in [1.807, 2.05) is 19.1 Å². The van der Waals surface area contributed by atoms with Gasteiger partial charge in [-0.15, -0.1) is 0 Å². The molecule has 28 heavy (non-hydrogen) atoms. The van der Waals surface area contributed by atoms with Crippen LogP contribution in [0, 0.1) is 6.92 Å². The molecular formula is C20H16N6O2. The number of fused-ring (bicyclic) bond motifs is 1. The predicted octanol–water partition coefficient (Wildman–Crippen LogP) is 2.49. The molecule has 0 aliphatic rings. The van der Waals surface area contributed by atoms with Crippen LogP contribution in [0.3, 0.4) is 0 Å². The molecule has 8 nitrogen and oxygen atoms in total. The van der Waals surface area contributed by atoms with Gasteiger partial charge >= 0.3 is 0 Å². The van der Waals surface area contributed by atoms with Gasteiger partial charge in [0.05, 0.1) is 23.1 Å². The first-order valence-corrected chi connectivity index (χ1v) is 8.45. The molecular weight excluding hydrogens is 356 g/mol. The highest BCUT2D eigenvalue weighted by Crippen LogP contribution is 2.35. The number of benzene rings is 2. The summed E-state index contributed by atoms with van der Waals surface area (Å²) in [5.74, 6) is -0.507. The summed E-state index contributed by atoms with van der Waals surface area (Å²) in [7, 11) is 0. The molecule has 8 heteroatoms. The second-order valence-electron chi connectivity index (χ2n) is 6.35. The number of carbonyl (C=O) groups is 2. The maximum atomic E-state index is 12.0. The monoisotopic (exact) mass is 372 g/mol. The minimum Gasteiger partial charge on any atom is -0.395 e. The Morgan fingerprint density at radius 3 is 2.75 bits per heavy atom. The van der Waals surface area contributed by atoms with Gasteiger partial charge in [0, 0.05) is 22.1 Å². The number of aromatic nitrogens is 4. The number of anilines is 1. The van der Waals surface area contributed by atoms with Gasteiger partial charge in [0.1, 0.15) is 6.29 Å². The molecule has 4 rings (SSSR count). The minimum absolute atomic E-state index is 0.0728. The Bertz CT molecular complexity index is 1240. The van der Waals surface area contributed by atoms with Crippen LogP contribution in [-0.4, -0.2) is 32.4 Å². The van der Waals surface area contributed by atoms with Crippen molar-refractivity contribution in [1.82, 2.24) is 20.2 Å². The van der Waals surface area contributed by atoms with E-state index in [0.29, 0.717) is 16.8 Å². The molecule has 0 fully saturated rings. The van der Waals surface area contributed by atoms with Crippen LogP contribution in [0.2, 0.25) is 0 Å². The third-order valence-corrected chi connectivity index (χ3v) is 4.53. The Morgan fingerprint density at radius 2 is 2.00 bits per heavy atom. The van der Waals surface area contributed by atoms with Crippen LogP contribution in [0.4, 0.5) is 5.69 Å². The van der Waals surface area contributed by atoms with Crippen LogP contribution in [-0.2, 0) is 0 Å². The maximum absolute atomic E-state index is 12.0. The molecule has 138 valence electrons. The van der Waals surface area contributed by atoms with Crippen molar-refractivity contribution in [2.24, 2.45) is 5.73 Å². The second kappa shape index (κ2) is 6.58. The molecule has 0 unspecified atom stereocenters. The Morgan fingerprint density at radius 1 is 1.18 bits per heavy atom. The molecule has 0 saturated heterocycles. The zero-order chi connectivity index (χ0) is 19.8. The van der Waals surface area contributed by atoms with Crippen molar-refractivity contribution in [3.05, 3.63) is 59.4 Å². The van der Waals surface area contributed by atoms with Crippen molar-refractivity contribution in [3.8, 4) is 22.6 Å². The van der Waals surface area contributed by atoms with E-state index in [1.54, 1.807) is 30.5 Å². The lowest BCUT2D eigenvalue weighted by molar-refractivity contribution is 0.0996. The number of aldehydes is 1. The first kappa shape index (κ1) is 17.3. The van der Waals surface area contributed by atoms with Crippen molar-refractivity contribution in [3.63, 3.8) is 0 Å². The van der Waals surface area contributed by atoms with Gasteiger partial charge in [-0.05, 0) is 24.6 Å². The molecule has 0 atom stereocenters. The van der Waals surface area contributed by atoms with E-state index >= 15 is 0 Å². The predicted molar refractivity (Wildman–Crippen MR) is 106 cm³/mol. The number of nitrogen functional groups attached to an aromatic ring is 1. The van der Waals surface area contributed by atoms with E-state index in [4.69, 9.17) is 11.5 Å². The van der Waals surface area contributed by atoms with Crippen LogP contribution in [0.15, 0.2) is 42.6 Å². The Balaban J connectivity index is 2.05. The Labute approximate surface area is 159 Å². The highest BCUT2D eigenvalue weighted by atomic mass is 16.1. The van der Waals surface area contributed by atoms with E-state index in [0.717, 1.165) is 28.3 Å². The fraction of sp³-hybridized carbons (Fsp3) is 0.0500. The van der Waals surface area contributed by atoms with Crippen LogP contribution in [0.25, 0.3) is 33.5 Å². The van der Waals surface area contributed by atoms with Gasteiger partial charge in [-0.3, -0.25) is 14.7 Å². The lowest BCUT2D eigenvalue weighted by Crippen LogP contribution is -2.18. The smallest absolute Gasteiger partial charge is 0.269 e. The third-order valence-electron chi connectivity index (χ3n) is 4.53. The highest BCUT2D eigenvalue weighted by molar-refractivity contribution is 6.04. The van der Waals surface area contributed by atoms with E-state index in [2.05, 4.69) is 20.2 Å². The summed E-state index contributed by atoms with van der Waals surface area (Å²) in [6.07, 6.45) is 2.41. The number of amides is 1. The molecule has 0 spiro atoms. The molecule has 2 heterocycles. The van der Waals surface area contributed by atoms with Crippen LogP contribution < -0.4 is 11.5 Å². The van der Waals surface area contributed by atoms with Crippen molar-refractivity contribution >= 4 is 28.8 Å². The zero-order valence-corrected chi connectivity index (χ0v) is 14.9.